The van der Waals surface area contributed by atoms with E-state index in [1.807, 2.05) is 6.92 Å². The Bertz CT molecular complexity index is 345. The second-order valence-corrected chi connectivity index (χ2v) is 23.4. The summed E-state index contributed by atoms with van der Waals surface area (Å²) in [6.07, 6.45) is 0.912. The molecule has 4 nitrogen and oxygen atoms in total. The molecular formula is C15H38O4Si4. The van der Waals surface area contributed by atoms with Crippen LogP contribution in [0.4, 0.5) is 0 Å². The molecule has 0 rings (SSSR count). The minimum absolute atomic E-state index is 0.623. The molecule has 0 atom stereocenters. The fraction of sp³-hybridized carbons (Fsp3) is 0.867. The van der Waals surface area contributed by atoms with Crippen LogP contribution >= 0.6 is 0 Å². The summed E-state index contributed by atoms with van der Waals surface area (Å²) in [4.78, 5) is 0. The largest absolute Gasteiger partial charge is 0.469 e. The second-order valence-electron chi connectivity index (χ2n) is 8.39. The van der Waals surface area contributed by atoms with E-state index in [4.69, 9.17) is 17.1 Å². The van der Waals surface area contributed by atoms with E-state index in [1.54, 1.807) is 0 Å². The SMILES string of the molecule is C=C(C)COCCC[Si](O[SiH](C)C)(O[Si](C)(C)C)O[Si](C)(C)C. The van der Waals surface area contributed by atoms with E-state index < -0.39 is 34.5 Å². The van der Waals surface area contributed by atoms with Gasteiger partial charge >= 0.3 is 8.80 Å². The van der Waals surface area contributed by atoms with Crippen molar-refractivity contribution in [3.05, 3.63) is 12.2 Å². The number of hydrogen-bond acceptors (Lipinski definition) is 4. The molecule has 0 heterocycles. The fourth-order valence-electron chi connectivity index (χ4n) is 2.16. The summed E-state index contributed by atoms with van der Waals surface area (Å²) in [6, 6.07) is 0.850. The highest BCUT2D eigenvalue weighted by Crippen LogP contribution is 2.27. The van der Waals surface area contributed by atoms with Crippen LogP contribution in [0.3, 0.4) is 0 Å². The Labute approximate surface area is 148 Å². The molecule has 0 radical (unpaired) electrons. The van der Waals surface area contributed by atoms with Gasteiger partial charge in [-0.1, -0.05) is 12.2 Å². The Morgan fingerprint density at radius 2 is 1.43 bits per heavy atom. The van der Waals surface area contributed by atoms with Crippen LogP contribution in [-0.4, -0.2) is 47.7 Å². The van der Waals surface area contributed by atoms with Gasteiger partial charge in [-0.15, -0.1) is 0 Å². The van der Waals surface area contributed by atoms with Crippen molar-refractivity contribution >= 4 is 34.5 Å². The van der Waals surface area contributed by atoms with Crippen molar-refractivity contribution in [3.63, 3.8) is 0 Å². The van der Waals surface area contributed by atoms with Gasteiger partial charge < -0.3 is 17.1 Å². The zero-order valence-corrected chi connectivity index (χ0v) is 20.9. The number of rotatable bonds is 12. The third-order valence-corrected chi connectivity index (χ3v) is 14.1. The summed E-state index contributed by atoms with van der Waals surface area (Å²) in [5, 5.41) is 0. The molecule has 0 aliphatic rings. The standard InChI is InChI=1S/C15H38O4Si4/c1-15(2)14-16-12-11-13-23(17-20(3)4,18-21(5,6)7)19-22(8,9)10/h20H,1,11-14H2,2-10H3. The van der Waals surface area contributed by atoms with Gasteiger partial charge in [0.2, 0.25) is 0 Å². The quantitative estimate of drug-likeness (QED) is 0.275. The molecule has 0 saturated heterocycles. The maximum Gasteiger partial charge on any atom is 0.469 e. The first-order chi connectivity index (χ1) is 10.2. The zero-order valence-electron chi connectivity index (χ0n) is 16.7. The van der Waals surface area contributed by atoms with Gasteiger partial charge in [0.25, 0.3) is 0 Å². The normalized spacial score (nSPS) is 13.7. The summed E-state index contributed by atoms with van der Waals surface area (Å²) in [5.41, 5.74) is 1.05. The summed E-state index contributed by atoms with van der Waals surface area (Å²) in [6.45, 7) is 24.8. The van der Waals surface area contributed by atoms with E-state index >= 15 is 0 Å². The molecule has 0 spiro atoms. The predicted molar refractivity (Wildman–Crippen MR) is 110 cm³/mol. The summed E-state index contributed by atoms with van der Waals surface area (Å²) in [7, 11) is -7.36. The molecule has 0 N–H and O–H groups in total. The second kappa shape index (κ2) is 9.81. The van der Waals surface area contributed by atoms with Crippen molar-refractivity contribution in [3.8, 4) is 0 Å². The highest BCUT2D eigenvalue weighted by molar-refractivity contribution is 6.87. The third kappa shape index (κ3) is 13.4. The van der Waals surface area contributed by atoms with Crippen LogP contribution in [0.1, 0.15) is 13.3 Å². The fourth-order valence-corrected chi connectivity index (χ4v) is 16.2. The molecular weight excluding hydrogens is 357 g/mol. The zero-order chi connectivity index (χ0) is 18.3. The van der Waals surface area contributed by atoms with Crippen molar-refractivity contribution in [2.45, 2.75) is 71.8 Å². The molecule has 0 bridgehead atoms. The van der Waals surface area contributed by atoms with Gasteiger partial charge in [-0.2, -0.15) is 0 Å². The lowest BCUT2D eigenvalue weighted by Crippen LogP contribution is -2.58. The Balaban J connectivity index is 5.00. The minimum atomic E-state index is -2.62. The van der Waals surface area contributed by atoms with E-state index in [9.17, 15) is 0 Å². The molecule has 0 aliphatic carbocycles. The molecule has 0 unspecified atom stereocenters. The average molecular weight is 395 g/mol. The van der Waals surface area contributed by atoms with Crippen LogP contribution in [0.5, 0.6) is 0 Å². The summed E-state index contributed by atoms with van der Waals surface area (Å²) >= 11 is 0. The smallest absolute Gasteiger partial charge is 0.420 e. The molecule has 0 fully saturated rings. The van der Waals surface area contributed by atoms with Gasteiger partial charge in [0.1, 0.15) is 0 Å². The van der Waals surface area contributed by atoms with E-state index in [0.29, 0.717) is 13.2 Å². The van der Waals surface area contributed by atoms with Crippen LogP contribution in [0.25, 0.3) is 0 Å². The van der Waals surface area contributed by atoms with Crippen molar-refractivity contribution in [1.82, 2.24) is 0 Å². The van der Waals surface area contributed by atoms with Crippen LogP contribution in [0.2, 0.25) is 58.4 Å². The van der Waals surface area contributed by atoms with Gasteiger partial charge in [0.15, 0.2) is 25.7 Å². The van der Waals surface area contributed by atoms with Gasteiger partial charge in [0, 0.05) is 12.7 Å². The molecule has 23 heavy (non-hydrogen) atoms. The Morgan fingerprint density at radius 1 is 0.957 bits per heavy atom. The Morgan fingerprint density at radius 3 is 1.78 bits per heavy atom. The van der Waals surface area contributed by atoms with Crippen LogP contribution in [-0.2, 0) is 17.1 Å². The first-order valence-electron chi connectivity index (χ1n) is 8.55. The Hall–Kier alpha value is 0.448. The van der Waals surface area contributed by atoms with Gasteiger partial charge in [-0.05, 0) is 65.7 Å². The molecule has 0 aromatic carbocycles. The molecule has 0 aromatic rings. The first-order valence-corrected chi connectivity index (χ1v) is 20.1. The minimum Gasteiger partial charge on any atom is -0.420 e. The lowest BCUT2D eigenvalue weighted by atomic mass is 10.4. The third-order valence-electron chi connectivity index (χ3n) is 2.46. The molecule has 0 aromatic heterocycles. The van der Waals surface area contributed by atoms with Gasteiger partial charge in [-0.3, -0.25) is 0 Å². The van der Waals surface area contributed by atoms with Gasteiger partial charge in [0.05, 0.1) is 6.61 Å². The lowest BCUT2D eigenvalue weighted by Gasteiger charge is -2.40. The van der Waals surface area contributed by atoms with E-state index in [1.165, 1.54) is 0 Å². The lowest BCUT2D eigenvalue weighted by molar-refractivity contribution is 0.152. The highest BCUT2D eigenvalue weighted by atomic mass is 28.5. The summed E-state index contributed by atoms with van der Waals surface area (Å²) < 4.78 is 25.2. The monoisotopic (exact) mass is 394 g/mol. The topological polar surface area (TPSA) is 36.9 Å². The predicted octanol–water partition coefficient (Wildman–Crippen LogP) is 4.61. The number of hydrogen-bond donors (Lipinski definition) is 0. The van der Waals surface area contributed by atoms with Crippen LogP contribution in [0, 0.1) is 0 Å². The van der Waals surface area contributed by atoms with Crippen molar-refractivity contribution in [2.75, 3.05) is 13.2 Å². The Kier molecular flexibility index (Phi) is 10.00. The van der Waals surface area contributed by atoms with Crippen molar-refractivity contribution in [1.29, 1.82) is 0 Å². The average Bonchev–Trinajstić information content (AvgIpc) is 2.21. The molecule has 8 heteroatoms. The van der Waals surface area contributed by atoms with Crippen molar-refractivity contribution in [2.24, 2.45) is 0 Å². The maximum atomic E-state index is 6.57. The van der Waals surface area contributed by atoms with Crippen molar-refractivity contribution < 1.29 is 17.1 Å². The molecule has 0 amide bonds. The highest BCUT2D eigenvalue weighted by Gasteiger charge is 2.47. The first kappa shape index (κ1) is 23.4. The van der Waals surface area contributed by atoms with Crippen LogP contribution < -0.4 is 0 Å². The van der Waals surface area contributed by atoms with Crippen LogP contribution in [0.15, 0.2) is 12.2 Å². The summed E-state index contributed by atoms with van der Waals surface area (Å²) in [5.74, 6) is 0. The molecule has 0 aliphatic heterocycles. The van der Waals surface area contributed by atoms with E-state index in [-0.39, 0.29) is 0 Å². The molecule has 138 valence electrons. The van der Waals surface area contributed by atoms with E-state index in [0.717, 1.165) is 18.0 Å². The van der Waals surface area contributed by atoms with Gasteiger partial charge in [-0.25, -0.2) is 0 Å². The number of ether oxygens (including phenoxy) is 1. The molecule has 0 saturated carbocycles. The maximum absolute atomic E-state index is 6.57. The van der Waals surface area contributed by atoms with E-state index in [2.05, 4.69) is 59.0 Å².